The van der Waals surface area contributed by atoms with E-state index < -0.39 is 33.6 Å². The van der Waals surface area contributed by atoms with E-state index in [-0.39, 0.29) is 0 Å². The fourth-order valence-corrected chi connectivity index (χ4v) is 1.07. The van der Waals surface area contributed by atoms with Gasteiger partial charge in [0, 0.05) is 0 Å². The minimum absolute atomic E-state index is 0.450. The second-order valence-corrected chi connectivity index (χ2v) is 4.66. The molecule has 0 amide bonds. The van der Waals surface area contributed by atoms with E-state index in [9.17, 15) is 22.2 Å². The lowest BCUT2D eigenvalue weighted by atomic mass is 10.2. The first kappa shape index (κ1) is 14.9. The topological polar surface area (TPSA) is 83.8 Å². The Morgan fingerprint density at radius 1 is 1.44 bits per heavy atom. The minimum Gasteiger partial charge on any atom is -0.475 e. The lowest BCUT2D eigenvalue weighted by Gasteiger charge is -2.07. The summed E-state index contributed by atoms with van der Waals surface area (Å²) in [6, 6.07) is 0. The van der Waals surface area contributed by atoms with Crippen molar-refractivity contribution in [2.24, 2.45) is 5.92 Å². The first-order valence-corrected chi connectivity index (χ1v) is 5.39. The Hall–Kier alpha value is -1.09. The second-order valence-electron chi connectivity index (χ2n) is 3.08. The lowest BCUT2D eigenvalue weighted by molar-refractivity contribution is -0.135. The summed E-state index contributed by atoms with van der Waals surface area (Å²) in [7, 11) is -5.69. The third-order valence-electron chi connectivity index (χ3n) is 1.19. The van der Waals surface area contributed by atoms with E-state index in [4.69, 9.17) is 9.66 Å². The monoisotopic (exact) mass is 263 g/mol. The summed E-state index contributed by atoms with van der Waals surface area (Å²) in [6.45, 7) is 2.94. The van der Waals surface area contributed by atoms with Crippen molar-refractivity contribution in [3.05, 3.63) is 11.8 Å². The highest BCUT2D eigenvalue weighted by Gasteiger charge is 2.64. The summed E-state index contributed by atoms with van der Waals surface area (Å²) >= 11 is 0. The van der Waals surface area contributed by atoms with Crippen molar-refractivity contribution in [1.82, 2.24) is 0 Å². The zero-order valence-corrected chi connectivity index (χ0v) is 9.13. The van der Waals surface area contributed by atoms with Crippen molar-refractivity contribution in [3.63, 3.8) is 0 Å². The molecule has 16 heavy (non-hydrogen) atoms. The molecule has 2 N–H and O–H groups in total. The van der Waals surface area contributed by atoms with Crippen molar-refractivity contribution in [3.8, 4) is 0 Å². The Morgan fingerprint density at radius 3 is 2.12 bits per heavy atom. The third kappa shape index (κ3) is 4.19. The lowest BCUT2D eigenvalue weighted by Crippen LogP contribution is -2.33. The summed E-state index contributed by atoms with van der Waals surface area (Å²) in [5.74, 6) is -3.51. The van der Waals surface area contributed by atoms with Gasteiger partial charge in [0.25, 0.3) is 5.76 Å². The molecule has 0 bridgehead atoms. The summed E-state index contributed by atoms with van der Waals surface area (Å²) in [5, 5.41) is 8.45. The maximum atomic E-state index is 11.9. The molecule has 0 rings (SSSR count). The van der Waals surface area contributed by atoms with Crippen molar-refractivity contribution < 1.29 is 36.0 Å². The number of alkyl halides is 3. The van der Waals surface area contributed by atoms with Crippen LogP contribution < -0.4 is 0 Å². The van der Waals surface area contributed by atoms with Crippen LogP contribution in [0.4, 0.5) is 13.2 Å². The quantitative estimate of drug-likeness (QED) is 0.460. The number of rotatable bonds is 4. The number of carbonyl (C=O) groups is 1. The van der Waals surface area contributed by atoms with Crippen LogP contribution in [-0.4, -0.2) is 21.1 Å². The molecule has 0 aromatic carbocycles. The second kappa shape index (κ2) is 4.83. The number of halogens is 3. The molecule has 5 nitrogen and oxygen atoms in total. The largest absolute Gasteiger partial charge is 0.650 e. The highest BCUT2D eigenvalue weighted by molar-refractivity contribution is 7.94. The van der Waals surface area contributed by atoms with Gasteiger partial charge in [0.05, 0.1) is 0 Å². The van der Waals surface area contributed by atoms with Crippen LogP contribution in [0, 0.1) is 5.92 Å². The predicted molar refractivity (Wildman–Crippen MR) is 48.4 cm³/mol. The summed E-state index contributed by atoms with van der Waals surface area (Å²) < 4.78 is 58.4. The average Bonchev–Trinajstić information content (AvgIpc) is 1.98. The Labute approximate surface area is 90.4 Å². The Balaban J connectivity index is 5.07. The molecule has 0 aromatic rings. The average molecular weight is 263 g/mol. The van der Waals surface area contributed by atoms with Gasteiger partial charge in [0.2, 0.25) is 0 Å². The van der Waals surface area contributed by atoms with Crippen LogP contribution in [0.5, 0.6) is 0 Å². The molecule has 0 spiro atoms. The van der Waals surface area contributed by atoms with Gasteiger partial charge in [-0.1, -0.05) is 13.8 Å². The Kier molecular flexibility index (Phi) is 4.50. The molecule has 0 radical (unpaired) electrons. The van der Waals surface area contributed by atoms with Crippen molar-refractivity contribution >= 4 is 16.5 Å². The predicted octanol–water partition coefficient (Wildman–Crippen LogP) is 2.03. The molecule has 0 fully saturated rings. The first-order valence-electron chi connectivity index (χ1n) is 3.95. The zero-order valence-electron chi connectivity index (χ0n) is 8.32. The van der Waals surface area contributed by atoms with Gasteiger partial charge >= 0.3 is 22.0 Å². The molecule has 1 atom stereocenters. The van der Waals surface area contributed by atoms with Gasteiger partial charge in [-0.2, -0.15) is 0 Å². The van der Waals surface area contributed by atoms with E-state index in [0.29, 0.717) is 0 Å². The smallest absolute Gasteiger partial charge is 0.475 e. The van der Waals surface area contributed by atoms with Gasteiger partial charge in [-0.15, -0.1) is 17.7 Å². The van der Waals surface area contributed by atoms with E-state index >= 15 is 0 Å². The number of hydrogen-bond donors (Lipinski definition) is 2. The van der Waals surface area contributed by atoms with Crippen molar-refractivity contribution in [2.45, 2.75) is 19.4 Å². The molecule has 9 heteroatoms. The number of hydrogen-bond acceptors (Lipinski definition) is 3. The minimum atomic E-state index is -5.69. The molecule has 0 saturated carbocycles. The van der Waals surface area contributed by atoms with E-state index in [2.05, 4.69) is 4.18 Å². The van der Waals surface area contributed by atoms with E-state index in [1.807, 2.05) is 0 Å². The maximum absolute atomic E-state index is 11.9. The summed E-state index contributed by atoms with van der Waals surface area (Å²) in [4.78, 5) is 10.4. The van der Waals surface area contributed by atoms with Gasteiger partial charge in [-0.05, 0) is 16.2 Å². The van der Waals surface area contributed by atoms with E-state index in [1.54, 1.807) is 0 Å². The van der Waals surface area contributed by atoms with E-state index in [0.717, 1.165) is 6.08 Å². The fraction of sp³-hybridized carbons (Fsp3) is 0.571. The molecule has 0 saturated heterocycles. The Bertz CT molecular complexity index is 346. The van der Waals surface area contributed by atoms with Crippen LogP contribution >= 0.6 is 0 Å². The molecule has 0 heterocycles. The highest BCUT2D eigenvalue weighted by Crippen LogP contribution is 2.31. The molecule has 0 aromatic heterocycles. The molecule has 0 aliphatic heterocycles. The third-order valence-corrected chi connectivity index (χ3v) is 2.18. The maximum Gasteiger partial charge on any atom is 0.650 e. The van der Waals surface area contributed by atoms with Gasteiger partial charge in [-0.3, -0.25) is 0 Å². The van der Waals surface area contributed by atoms with Gasteiger partial charge < -0.3 is 5.11 Å². The van der Waals surface area contributed by atoms with Crippen LogP contribution in [0.3, 0.4) is 0 Å². The molecule has 94 valence electrons. The van der Waals surface area contributed by atoms with Crippen LogP contribution in [0.15, 0.2) is 11.8 Å². The molecule has 0 aliphatic rings. The highest BCUT2D eigenvalue weighted by atomic mass is 32.3. The number of carboxylic acid groups (broad SMARTS) is 1. The van der Waals surface area contributed by atoms with Crippen molar-refractivity contribution in [2.75, 3.05) is 0 Å². The normalized spacial score (nSPS) is 17.1. The van der Waals surface area contributed by atoms with Gasteiger partial charge in [-0.25, -0.2) is 8.98 Å². The molecule has 1 unspecified atom stereocenters. The van der Waals surface area contributed by atoms with E-state index in [1.165, 1.54) is 13.8 Å². The summed E-state index contributed by atoms with van der Waals surface area (Å²) in [6.07, 6.45) is 0.796. The van der Waals surface area contributed by atoms with Gasteiger partial charge in [0.1, 0.15) is 0 Å². The summed E-state index contributed by atoms with van der Waals surface area (Å²) in [5.41, 5.74) is -5.54. The number of allylic oxidation sites excluding steroid dienone is 1. The van der Waals surface area contributed by atoms with Crippen LogP contribution in [0.1, 0.15) is 13.8 Å². The van der Waals surface area contributed by atoms with Gasteiger partial charge in [0.15, 0.2) is 0 Å². The van der Waals surface area contributed by atoms with Crippen LogP contribution in [-0.2, 0) is 23.7 Å². The SMILES string of the molecule is CC(C)/C=C(\O[S+](=O)(O)C(F)(F)F)C(=O)O. The standard InChI is InChI=1S/C7H9F3O5S/c1-4(2)3-5(6(11)12)15-16(13,14)7(8,9)10/h3-4H,1-2H3,(H-,11,12,13,14)/p+1/b5-3-. The number of carboxylic acids is 1. The zero-order chi connectivity index (χ0) is 13.1. The number of aliphatic carboxylic acids is 1. The first-order chi connectivity index (χ1) is 6.97. The Morgan fingerprint density at radius 2 is 1.88 bits per heavy atom. The fourth-order valence-electron chi connectivity index (χ4n) is 0.606. The molecule has 0 aliphatic carbocycles. The molecular formula is C7H10F3O5S+. The van der Waals surface area contributed by atoms with Crippen LogP contribution in [0.25, 0.3) is 0 Å². The van der Waals surface area contributed by atoms with Crippen LogP contribution in [0.2, 0.25) is 0 Å². The molecular weight excluding hydrogens is 253 g/mol. The van der Waals surface area contributed by atoms with Crippen molar-refractivity contribution in [1.29, 1.82) is 0 Å².